The first-order chi connectivity index (χ1) is 13.9. The summed E-state index contributed by atoms with van der Waals surface area (Å²) in [7, 11) is 0. The van der Waals surface area contributed by atoms with E-state index in [0.29, 0.717) is 36.7 Å². The van der Waals surface area contributed by atoms with Crippen LogP contribution in [-0.2, 0) is 29.2 Å². The summed E-state index contributed by atoms with van der Waals surface area (Å²) in [6.45, 7) is 8.92. The number of nitrogens with one attached hydrogen (secondary N) is 1. The standard InChI is InChI=1S/C23H34FN3O2/c1-15(2)23(6-4-19(9-23)26-21-14-29-13-16(21)3)22(28)27-7-5-20-18(12-27)8-17(10-24)11-25-20/h8,11,15-16,19,21,26H,4-7,9-10,12-14H2,1-3H3/t16?,19-,21?,23+/m1/s1. The van der Waals surface area contributed by atoms with Crippen molar-refractivity contribution >= 4 is 5.91 Å². The number of fused-ring (bicyclic) bond motifs is 1. The quantitative estimate of drug-likeness (QED) is 0.820. The molecule has 0 radical (unpaired) electrons. The van der Waals surface area contributed by atoms with E-state index in [4.69, 9.17) is 4.74 Å². The molecule has 1 aliphatic carbocycles. The number of hydrogen-bond acceptors (Lipinski definition) is 4. The summed E-state index contributed by atoms with van der Waals surface area (Å²) in [4.78, 5) is 20.2. The van der Waals surface area contributed by atoms with Crippen LogP contribution in [0.5, 0.6) is 0 Å². The van der Waals surface area contributed by atoms with E-state index in [0.717, 1.165) is 50.2 Å². The number of halogens is 1. The second-order valence-electron chi connectivity index (χ2n) is 9.60. The zero-order valence-corrected chi connectivity index (χ0v) is 17.9. The van der Waals surface area contributed by atoms with Gasteiger partial charge in [-0.25, -0.2) is 4.39 Å². The predicted octanol–water partition coefficient (Wildman–Crippen LogP) is 3.26. The lowest BCUT2D eigenvalue weighted by Gasteiger charge is -2.39. The third-order valence-corrected chi connectivity index (χ3v) is 7.43. The van der Waals surface area contributed by atoms with Gasteiger partial charge >= 0.3 is 0 Å². The number of aromatic nitrogens is 1. The molecule has 4 atom stereocenters. The highest BCUT2D eigenvalue weighted by Gasteiger charge is 2.50. The Kier molecular flexibility index (Phi) is 5.94. The Morgan fingerprint density at radius 2 is 2.28 bits per heavy atom. The highest BCUT2D eigenvalue weighted by atomic mass is 19.1. The molecule has 160 valence electrons. The number of amides is 1. The van der Waals surface area contributed by atoms with Gasteiger partial charge in [0.05, 0.1) is 18.6 Å². The van der Waals surface area contributed by atoms with E-state index in [1.54, 1.807) is 6.20 Å². The molecule has 3 heterocycles. The molecule has 1 amide bonds. The molecule has 3 aliphatic rings. The third kappa shape index (κ3) is 3.93. The molecule has 29 heavy (non-hydrogen) atoms. The number of hydrogen-bond donors (Lipinski definition) is 1. The number of alkyl halides is 1. The molecule has 0 aromatic carbocycles. The summed E-state index contributed by atoms with van der Waals surface area (Å²) in [6.07, 6.45) is 5.21. The van der Waals surface area contributed by atoms with Gasteiger partial charge in [0.15, 0.2) is 0 Å². The minimum Gasteiger partial charge on any atom is -0.379 e. The van der Waals surface area contributed by atoms with Crippen molar-refractivity contribution < 1.29 is 13.9 Å². The maximum Gasteiger partial charge on any atom is 0.229 e. The molecule has 4 rings (SSSR count). The minimum absolute atomic E-state index is 0.267. The lowest BCUT2D eigenvalue weighted by molar-refractivity contribution is -0.145. The van der Waals surface area contributed by atoms with E-state index in [2.05, 4.69) is 31.1 Å². The smallest absolute Gasteiger partial charge is 0.229 e. The molecule has 1 saturated carbocycles. The Hall–Kier alpha value is -1.53. The van der Waals surface area contributed by atoms with Crippen LogP contribution in [-0.4, -0.2) is 47.6 Å². The van der Waals surface area contributed by atoms with Crippen LogP contribution in [0.15, 0.2) is 12.3 Å². The highest BCUT2D eigenvalue weighted by Crippen LogP contribution is 2.46. The Morgan fingerprint density at radius 3 is 2.97 bits per heavy atom. The molecule has 5 nitrogen and oxygen atoms in total. The van der Waals surface area contributed by atoms with E-state index in [1.807, 2.05) is 11.0 Å². The van der Waals surface area contributed by atoms with Crippen LogP contribution >= 0.6 is 0 Å². The molecular formula is C23H34FN3O2. The van der Waals surface area contributed by atoms with Crippen LogP contribution in [0.3, 0.4) is 0 Å². The first-order valence-corrected chi connectivity index (χ1v) is 11.1. The van der Waals surface area contributed by atoms with Crippen molar-refractivity contribution in [3.8, 4) is 0 Å². The number of ether oxygens (including phenoxy) is 1. The summed E-state index contributed by atoms with van der Waals surface area (Å²) >= 11 is 0. The van der Waals surface area contributed by atoms with Crippen LogP contribution in [0.2, 0.25) is 0 Å². The van der Waals surface area contributed by atoms with Gasteiger partial charge < -0.3 is 15.0 Å². The van der Waals surface area contributed by atoms with Gasteiger partial charge in [-0.1, -0.05) is 20.8 Å². The first-order valence-electron chi connectivity index (χ1n) is 11.1. The number of nitrogens with zero attached hydrogens (tertiary/aromatic N) is 2. The van der Waals surface area contributed by atoms with Gasteiger partial charge in [0.2, 0.25) is 5.91 Å². The van der Waals surface area contributed by atoms with Crippen LogP contribution in [0.1, 0.15) is 56.9 Å². The summed E-state index contributed by atoms with van der Waals surface area (Å²) < 4.78 is 18.7. The van der Waals surface area contributed by atoms with Crippen molar-refractivity contribution in [2.75, 3.05) is 19.8 Å². The number of carbonyl (C=O) groups is 1. The average Bonchev–Trinajstić information content (AvgIpc) is 3.34. The fourth-order valence-electron chi connectivity index (χ4n) is 5.40. The Labute approximate surface area is 173 Å². The molecule has 2 fully saturated rings. The number of pyridine rings is 1. The van der Waals surface area contributed by atoms with E-state index in [1.165, 1.54) is 0 Å². The van der Waals surface area contributed by atoms with E-state index in [9.17, 15) is 9.18 Å². The predicted molar refractivity (Wildman–Crippen MR) is 110 cm³/mol. The molecule has 1 N–H and O–H groups in total. The second-order valence-corrected chi connectivity index (χ2v) is 9.60. The molecule has 0 bridgehead atoms. The fraction of sp³-hybridized carbons (Fsp3) is 0.739. The summed E-state index contributed by atoms with van der Waals surface area (Å²) in [5.74, 6) is 1.08. The monoisotopic (exact) mass is 403 g/mol. The Morgan fingerprint density at radius 1 is 1.45 bits per heavy atom. The van der Waals surface area contributed by atoms with E-state index < -0.39 is 6.67 Å². The van der Waals surface area contributed by atoms with Crippen LogP contribution in [0.25, 0.3) is 0 Å². The zero-order chi connectivity index (χ0) is 20.6. The van der Waals surface area contributed by atoms with Gasteiger partial charge in [-0.05, 0) is 42.7 Å². The summed E-state index contributed by atoms with van der Waals surface area (Å²) in [5, 5.41) is 3.78. The normalized spacial score (nSPS) is 32.0. The number of carbonyl (C=O) groups excluding carboxylic acids is 1. The molecule has 1 saturated heterocycles. The zero-order valence-electron chi connectivity index (χ0n) is 17.9. The molecule has 1 aromatic heterocycles. The Balaban J connectivity index is 1.48. The van der Waals surface area contributed by atoms with Crippen molar-refractivity contribution in [2.24, 2.45) is 17.3 Å². The largest absolute Gasteiger partial charge is 0.379 e. The molecule has 0 spiro atoms. The Bertz CT molecular complexity index is 756. The first kappa shape index (κ1) is 20.7. The SMILES string of the molecule is CC1COCC1N[C@@H]1CC[C@@](C(=O)N2CCc3ncc(CF)cc3C2)(C(C)C)C1. The fourth-order valence-corrected chi connectivity index (χ4v) is 5.40. The van der Waals surface area contributed by atoms with E-state index >= 15 is 0 Å². The second kappa shape index (κ2) is 8.31. The maximum atomic E-state index is 13.8. The van der Waals surface area contributed by atoms with Gasteiger partial charge in [0, 0.05) is 49.0 Å². The maximum absolute atomic E-state index is 13.8. The van der Waals surface area contributed by atoms with Crippen molar-refractivity contribution in [1.29, 1.82) is 0 Å². The topological polar surface area (TPSA) is 54.5 Å². The molecule has 6 heteroatoms. The van der Waals surface area contributed by atoms with Crippen LogP contribution < -0.4 is 5.32 Å². The molecular weight excluding hydrogens is 369 g/mol. The number of rotatable bonds is 5. The van der Waals surface area contributed by atoms with Crippen LogP contribution in [0.4, 0.5) is 4.39 Å². The van der Waals surface area contributed by atoms with E-state index in [-0.39, 0.29) is 17.2 Å². The summed E-state index contributed by atoms with van der Waals surface area (Å²) in [5.41, 5.74) is 2.28. The summed E-state index contributed by atoms with van der Waals surface area (Å²) in [6, 6.07) is 2.64. The van der Waals surface area contributed by atoms with Gasteiger partial charge in [-0.2, -0.15) is 0 Å². The van der Waals surface area contributed by atoms with Crippen molar-refractivity contribution in [3.05, 3.63) is 29.1 Å². The highest BCUT2D eigenvalue weighted by molar-refractivity contribution is 5.83. The molecule has 1 aromatic rings. The van der Waals surface area contributed by atoms with Gasteiger partial charge in [-0.15, -0.1) is 0 Å². The minimum atomic E-state index is -0.513. The average molecular weight is 404 g/mol. The molecule has 2 aliphatic heterocycles. The van der Waals surface area contributed by atoms with Gasteiger partial charge in [0.25, 0.3) is 0 Å². The van der Waals surface area contributed by atoms with Crippen molar-refractivity contribution in [1.82, 2.24) is 15.2 Å². The lowest BCUT2D eigenvalue weighted by atomic mass is 9.74. The van der Waals surface area contributed by atoms with Gasteiger partial charge in [-0.3, -0.25) is 9.78 Å². The van der Waals surface area contributed by atoms with Gasteiger partial charge in [0.1, 0.15) is 6.67 Å². The third-order valence-electron chi connectivity index (χ3n) is 7.43. The van der Waals surface area contributed by atoms with Crippen molar-refractivity contribution in [3.63, 3.8) is 0 Å². The molecule has 2 unspecified atom stereocenters. The van der Waals surface area contributed by atoms with Crippen molar-refractivity contribution in [2.45, 2.75) is 71.8 Å². The lowest BCUT2D eigenvalue weighted by Crippen LogP contribution is -2.49. The van der Waals surface area contributed by atoms with Crippen LogP contribution in [0, 0.1) is 17.3 Å².